The highest BCUT2D eigenvalue weighted by Gasteiger charge is 2.39. The molecule has 22 heavy (non-hydrogen) atoms. The summed E-state index contributed by atoms with van der Waals surface area (Å²) in [6.07, 6.45) is 2.29. The Morgan fingerprint density at radius 3 is 2.50 bits per heavy atom. The van der Waals surface area contributed by atoms with Gasteiger partial charge in [0, 0.05) is 6.54 Å². The van der Waals surface area contributed by atoms with Gasteiger partial charge >= 0.3 is 0 Å². The molecule has 0 bridgehead atoms. The summed E-state index contributed by atoms with van der Waals surface area (Å²) in [7, 11) is 0. The Morgan fingerprint density at radius 2 is 1.95 bits per heavy atom. The summed E-state index contributed by atoms with van der Waals surface area (Å²) in [5.74, 6) is 0.225. The summed E-state index contributed by atoms with van der Waals surface area (Å²) in [5, 5.41) is 0. The van der Waals surface area contributed by atoms with Gasteiger partial charge in [0.2, 0.25) is 0 Å². The Kier molecular flexibility index (Phi) is 6.26. The minimum atomic E-state index is -2.43. The molecule has 1 aromatic carbocycles. The van der Waals surface area contributed by atoms with E-state index in [1.54, 1.807) is 6.92 Å². The van der Waals surface area contributed by atoms with Crippen molar-refractivity contribution in [1.29, 1.82) is 0 Å². The number of rotatable bonds is 7. The third-order valence-corrected chi connectivity index (χ3v) is 4.87. The third-order valence-electron chi connectivity index (χ3n) is 4.51. The molecule has 0 aliphatic carbocycles. The number of hydrogen-bond donors (Lipinski definition) is 0. The minimum Gasteiger partial charge on any atom is -0.750 e. The van der Waals surface area contributed by atoms with E-state index in [1.165, 1.54) is 0 Å². The first-order chi connectivity index (χ1) is 10.5. The van der Waals surface area contributed by atoms with Gasteiger partial charge in [-0.1, -0.05) is 30.3 Å². The summed E-state index contributed by atoms with van der Waals surface area (Å²) in [4.78, 5) is 14.5. The number of Topliss-reactive ketones (excluding diaryl/α,β-unsaturated/α-hetero) is 1. The van der Waals surface area contributed by atoms with Gasteiger partial charge in [0.1, 0.15) is 5.78 Å². The standard InChI is InChI=1S/C16H23NO4S/c1-14(18)16(15-6-3-2-4-7-15)8-11-17(12-9-16)10-5-13-21-22(19)20/h2-4,6-7H,5,8-13H2,1H3,(H,19,20)/p-1. The second-order valence-electron chi connectivity index (χ2n) is 5.73. The Hall–Kier alpha value is -1.08. The average Bonchev–Trinajstić information content (AvgIpc) is 2.52. The van der Waals surface area contributed by atoms with Crippen molar-refractivity contribution in [2.45, 2.75) is 31.6 Å². The monoisotopic (exact) mass is 324 g/mol. The molecule has 0 aromatic heterocycles. The Bertz CT molecular complexity index is 512. The molecule has 0 spiro atoms. The molecule has 1 unspecified atom stereocenters. The molecular weight excluding hydrogens is 302 g/mol. The van der Waals surface area contributed by atoms with Gasteiger partial charge in [0.15, 0.2) is 0 Å². The molecule has 0 amide bonds. The van der Waals surface area contributed by atoms with Crippen LogP contribution in [0.4, 0.5) is 0 Å². The van der Waals surface area contributed by atoms with Crippen LogP contribution in [-0.2, 0) is 25.8 Å². The summed E-state index contributed by atoms with van der Waals surface area (Å²) in [5.41, 5.74) is 0.734. The van der Waals surface area contributed by atoms with E-state index in [2.05, 4.69) is 9.08 Å². The molecule has 0 radical (unpaired) electrons. The number of carbonyl (C=O) groups is 1. The van der Waals surface area contributed by atoms with Crippen molar-refractivity contribution in [2.75, 3.05) is 26.2 Å². The minimum absolute atomic E-state index is 0.211. The SMILES string of the molecule is CC(=O)C1(c2ccccc2)CCN(CCCOS(=O)[O-])CC1. The average molecular weight is 324 g/mol. The third kappa shape index (κ3) is 4.23. The van der Waals surface area contributed by atoms with Crippen LogP contribution in [0.3, 0.4) is 0 Å². The van der Waals surface area contributed by atoms with Gasteiger partial charge in [0.25, 0.3) is 0 Å². The number of likely N-dealkylation sites (tertiary alicyclic amines) is 1. The molecule has 5 nitrogen and oxygen atoms in total. The molecule has 122 valence electrons. The lowest BCUT2D eigenvalue weighted by Gasteiger charge is -2.40. The van der Waals surface area contributed by atoms with Crippen LogP contribution in [0.1, 0.15) is 31.7 Å². The largest absolute Gasteiger partial charge is 0.750 e. The van der Waals surface area contributed by atoms with E-state index in [-0.39, 0.29) is 17.8 Å². The predicted molar refractivity (Wildman–Crippen MR) is 84.0 cm³/mol. The van der Waals surface area contributed by atoms with E-state index in [1.807, 2.05) is 30.3 Å². The van der Waals surface area contributed by atoms with Crippen molar-refractivity contribution < 1.29 is 17.7 Å². The molecule has 1 atom stereocenters. The van der Waals surface area contributed by atoms with Crippen molar-refractivity contribution in [3.63, 3.8) is 0 Å². The van der Waals surface area contributed by atoms with Crippen LogP contribution in [0.15, 0.2) is 30.3 Å². The van der Waals surface area contributed by atoms with E-state index >= 15 is 0 Å². The van der Waals surface area contributed by atoms with Crippen LogP contribution in [-0.4, -0.2) is 45.7 Å². The zero-order valence-corrected chi connectivity index (χ0v) is 13.6. The van der Waals surface area contributed by atoms with Crippen LogP contribution in [0.2, 0.25) is 0 Å². The zero-order chi connectivity index (χ0) is 16.0. The fourth-order valence-electron chi connectivity index (χ4n) is 3.17. The van der Waals surface area contributed by atoms with Crippen LogP contribution < -0.4 is 0 Å². The Morgan fingerprint density at radius 1 is 1.32 bits per heavy atom. The van der Waals surface area contributed by atoms with E-state index in [4.69, 9.17) is 0 Å². The number of ketones is 1. The predicted octanol–water partition coefficient (Wildman–Crippen LogP) is 1.81. The summed E-state index contributed by atoms with van der Waals surface area (Å²) in [6.45, 7) is 4.37. The van der Waals surface area contributed by atoms with Crippen molar-refractivity contribution >= 4 is 17.1 Å². The smallest absolute Gasteiger partial charge is 0.140 e. The van der Waals surface area contributed by atoms with Gasteiger partial charge in [-0.15, -0.1) is 0 Å². The quantitative estimate of drug-likeness (QED) is 0.565. The molecule has 1 aliphatic heterocycles. The van der Waals surface area contributed by atoms with Gasteiger partial charge in [-0.3, -0.25) is 4.79 Å². The van der Waals surface area contributed by atoms with Gasteiger partial charge in [-0.2, -0.15) is 0 Å². The Labute approximate surface area is 134 Å². The van der Waals surface area contributed by atoms with Gasteiger partial charge < -0.3 is 13.6 Å². The molecule has 1 aliphatic rings. The van der Waals surface area contributed by atoms with Crippen molar-refractivity contribution in [3.8, 4) is 0 Å². The van der Waals surface area contributed by atoms with Gasteiger partial charge in [-0.25, -0.2) is 4.21 Å². The molecule has 6 heteroatoms. The van der Waals surface area contributed by atoms with Crippen molar-refractivity contribution in [1.82, 2.24) is 4.90 Å². The second-order valence-corrected chi connectivity index (χ2v) is 6.37. The lowest BCUT2D eigenvalue weighted by atomic mass is 9.70. The molecule has 1 saturated heterocycles. The maximum absolute atomic E-state index is 12.3. The number of piperidine rings is 1. The molecule has 2 rings (SSSR count). The van der Waals surface area contributed by atoms with Crippen molar-refractivity contribution in [2.24, 2.45) is 0 Å². The number of hydrogen-bond acceptors (Lipinski definition) is 5. The fraction of sp³-hybridized carbons (Fsp3) is 0.562. The van der Waals surface area contributed by atoms with Crippen LogP contribution in [0.25, 0.3) is 0 Å². The number of benzene rings is 1. The van der Waals surface area contributed by atoms with E-state index in [0.717, 1.165) is 38.0 Å². The molecule has 0 N–H and O–H groups in total. The lowest BCUT2D eigenvalue weighted by molar-refractivity contribution is -0.124. The first-order valence-corrected chi connectivity index (χ1v) is 8.56. The maximum Gasteiger partial charge on any atom is 0.140 e. The fourth-order valence-corrected chi connectivity index (χ4v) is 3.43. The normalized spacial score (nSPS) is 19.7. The van der Waals surface area contributed by atoms with Crippen LogP contribution >= 0.6 is 0 Å². The summed E-state index contributed by atoms with van der Waals surface area (Å²) < 4.78 is 25.1. The highest BCUT2D eigenvalue weighted by atomic mass is 32.2. The molecule has 1 heterocycles. The second kappa shape index (κ2) is 7.97. The molecule has 0 saturated carbocycles. The number of nitrogens with zero attached hydrogens (tertiary/aromatic N) is 1. The topological polar surface area (TPSA) is 69.7 Å². The highest BCUT2D eigenvalue weighted by molar-refractivity contribution is 7.74. The van der Waals surface area contributed by atoms with Crippen molar-refractivity contribution in [3.05, 3.63) is 35.9 Å². The molecule has 1 aromatic rings. The van der Waals surface area contributed by atoms with Crippen LogP contribution in [0.5, 0.6) is 0 Å². The molecular formula is C16H22NO4S-. The summed E-state index contributed by atoms with van der Waals surface area (Å²) >= 11 is -2.43. The molecule has 1 fully saturated rings. The Balaban J connectivity index is 1.91. The van der Waals surface area contributed by atoms with Gasteiger partial charge in [0.05, 0.1) is 23.4 Å². The van der Waals surface area contributed by atoms with E-state index < -0.39 is 11.4 Å². The van der Waals surface area contributed by atoms with E-state index in [9.17, 15) is 13.6 Å². The maximum atomic E-state index is 12.3. The lowest BCUT2D eigenvalue weighted by Crippen LogP contribution is -2.46. The van der Waals surface area contributed by atoms with Crippen LogP contribution in [0, 0.1) is 0 Å². The first kappa shape index (κ1) is 17.3. The number of carbonyl (C=O) groups excluding carboxylic acids is 1. The summed E-state index contributed by atoms with van der Waals surface area (Å²) in [6, 6.07) is 9.99. The van der Waals surface area contributed by atoms with Gasteiger partial charge in [-0.05, 0) is 44.8 Å². The zero-order valence-electron chi connectivity index (χ0n) is 12.8. The first-order valence-electron chi connectivity index (χ1n) is 7.56. The highest BCUT2D eigenvalue weighted by Crippen LogP contribution is 2.36. The van der Waals surface area contributed by atoms with E-state index in [0.29, 0.717) is 6.42 Å².